The van der Waals surface area contributed by atoms with Crippen molar-refractivity contribution in [2.45, 2.75) is 10.9 Å². The lowest BCUT2D eigenvalue weighted by molar-refractivity contribution is 0.0172. The quantitative estimate of drug-likeness (QED) is 0.760. The molecule has 146 valence electrons. The number of hydrogen-bond donors (Lipinski definition) is 1. The summed E-state index contributed by atoms with van der Waals surface area (Å²) in [5, 5.41) is 0.206. The lowest BCUT2D eigenvalue weighted by Crippen LogP contribution is -2.43. The third-order valence-electron chi connectivity index (χ3n) is 4.58. The fraction of sp³-hybridized carbons (Fsp3) is 0.368. The Balaban J connectivity index is 1.81. The van der Waals surface area contributed by atoms with Crippen LogP contribution in [0.2, 0.25) is 5.02 Å². The number of hydrogen-bond acceptors (Lipinski definition) is 5. The van der Waals surface area contributed by atoms with Crippen molar-refractivity contribution in [3.05, 3.63) is 59.1 Å². The number of nitrogens with one attached hydrogen (secondary N) is 1. The highest BCUT2D eigenvalue weighted by atomic mass is 35.5. The summed E-state index contributed by atoms with van der Waals surface area (Å²) in [5.41, 5.74) is 1.01. The van der Waals surface area contributed by atoms with Crippen molar-refractivity contribution in [3.8, 4) is 5.75 Å². The van der Waals surface area contributed by atoms with Crippen molar-refractivity contribution in [2.75, 3.05) is 40.0 Å². The van der Waals surface area contributed by atoms with Gasteiger partial charge >= 0.3 is 0 Å². The fourth-order valence-corrected chi connectivity index (χ4v) is 4.66. The van der Waals surface area contributed by atoms with E-state index in [1.807, 2.05) is 24.3 Å². The molecule has 0 bridgehead atoms. The highest BCUT2D eigenvalue weighted by Crippen LogP contribution is 2.25. The van der Waals surface area contributed by atoms with Crippen LogP contribution in [0.4, 0.5) is 0 Å². The molecule has 1 saturated heterocycles. The van der Waals surface area contributed by atoms with Gasteiger partial charge in [0, 0.05) is 25.7 Å². The molecule has 27 heavy (non-hydrogen) atoms. The van der Waals surface area contributed by atoms with Crippen LogP contribution in [-0.4, -0.2) is 53.3 Å². The van der Waals surface area contributed by atoms with Gasteiger partial charge in [-0.15, -0.1) is 0 Å². The molecule has 1 aliphatic rings. The van der Waals surface area contributed by atoms with Gasteiger partial charge in [-0.1, -0.05) is 35.9 Å². The minimum absolute atomic E-state index is 0.0853. The third-order valence-corrected chi connectivity index (χ3v) is 6.50. The number of benzene rings is 2. The first kappa shape index (κ1) is 20.1. The Kier molecular flexibility index (Phi) is 6.73. The molecule has 0 aromatic heterocycles. The summed E-state index contributed by atoms with van der Waals surface area (Å²) >= 11 is 6.06. The van der Waals surface area contributed by atoms with Gasteiger partial charge in [0.2, 0.25) is 10.0 Å². The summed E-state index contributed by atoms with van der Waals surface area (Å²) < 4.78 is 38.8. The molecule has 0 spiro atoms. The van der Waals surface area contributed by atoms with Crippen molar-refractivity contribution in [1.29, 1.82) is 0 Å². The Morgan fingerprint density at radius 2 is 1.81 bits per heavy atom. The zero-order valence-electron chi connectivity index (χ0n) is 15.1. The Morgan fingerprint density at radius 3 is 2.44 bits per heavy atom. The number of nitrogens with zero attached hydrogens (tertiary/aromatic N) is 1. The van der Waals surface area contributed by atoms with E-state index in [0.717, 1.165) is 24.4 Å². The van der Waals surface area contributed by atoms with Gasteiger partial charge in [-0.25, -0.2) is 13.1 Å². The Labute approximate surface area is 165 Å². The molecule has 1 atom stereocenters. The topological polar surface area (TPSA) is 67.9 Å². The zero-order chi connectivity index (χ0) is 19.3. The predicted octanol–water partition coefficient (Wildman–Crippen LogP) is 2.70. The van der Waals surface area contributed by atoms with Gasteiger partial charge < -0.3 is 9.47 Å². The van der Waals surface area contributed by atoms with Crippen LogP contribution in [0.3, 0.4) is 0 Å². The average Bonchev–Trinajstić information content (AvgIpc) is 2.69. The lowest BCUT2D eigenvalue weighted by Gasteiger charge is -2.35. The van der Waals surface area contributed by atoms with Gasteiger partial charge in [0.1, 0.15) is 10.6 Å². The van der Waals surface area contributed by atoms with Gasteiger partial charge in [0.25, 0.3) is 0 Å². The van der Waals surface area contributed by atoms with E-state index in [4.69, 9.17) is 21.1 Å². The zero-order valence-corrected chi connectivity index (χ0v) is 16.7. The van der Waals surface area contributed by atoms with Crippen molar-refractivity contribution < 1.29 is 17.9 Å². The highest BCUT2D eigenvalue weighted by Gasteiger charge is 2.26. The molecule has 1 unspecified atom stereocenters. The number of ether oxygens (including phenoxy) is 2. The normalized spacial score (nSPS) is 16.8. The molecular formula is C19H23ClN2O4S. The highest BCUT2D eigenvalue weighted by molar-refractivity contribution is 7.89. The molecule has 0 aliphatic carbocycles. The van der Waals surface area contributed by atoms with Gasteiger partial charge in [-0.3, -0.25) is 4.90 Å². The minimum Gasteiger partial charge on any atom is -0.497 e. The first-order valence-electron chi connectivity index (χ1n) is 8.71. The summed E-state index contributed by atoms with van der Waals surface area (Å²) in [6, 6.07) is 14.0. The third kappa shape index (κ3) is 5.00. The van der Waals surface area contributed by atoms with Crippen LogP contribution in [-0.2, 0) is 14.8 Å². The number of rotatable bonds is 7. The van der Waals surface area contributed by atoms with Crippen molar-refractivity contribution in [1.82, 2.24) is 9.62 Å². The molecular weight excluding hydrogens is 388 g/mol. The van der Waals surface area contributed by atoms with Gasteiger partial charge in [0.15, 0.2) is 0 Å². The van der Waals surface area contributed by atoms with E-state index in [-0.39, 0.29) is 22.5 Å². The summed E-state index contributed by atoms with van der Waals surface area (Å²) in [4.78, 5) is 2.31. The maximum Gasteiger partial charge on any atom is 0.242 e. The van der Waals surface area contributed by atoms with Gasteiger partial charge in [-0.2, -0.15) is 0 Å². The Morgan fingerprint density at radius 1 is 1.15 bits per heavy atom. The molecule has 6 nitrogen and oxygen atoms in total. The van der Waals surface area contributed by atoms with E-state index < -0.39 is 10.0 Å². The number of morpholine rings is 1. The summed E-state index contributed by atoms with van der Waals surface area (Å²) in [6.45, 7) is 2.97. The second-order valence-corrected chi connectivity index (χ2v) is 8.36. The average molecular weight is 411 g/mol. The molecule has 3 rings (SSSR count). The molecule has 2 aromatic rings. The smallest absolute Gasteiger partial charge is 0.242 e. The van der Waals surface area contributed by atoms with Crippen molar-refractivity contribution in [2.24, 2.45) is 0 Å². The fourth-order valence-electron chi connectivity index (χ4n) is 3.10. The number of halogens is 1. The summed E-state index contributed by atoms with van der Waals surface area (Å²) in [6.07, 6.45) is 0. The Hall–Kier alpha value is -1.64. The van der Waals surface area contributed by atoms with Gasteiger partial charge in [0.05, 0.1) is 25.3 Å². The molecule has 0 amide bonds. The van der Waals surface area contributed by atoms with Crippen LogP contribution in [0.1, 0.15) is 11.6 Å². The number of sulfonamides is 1. The largest absolute Gasteiger partial charge is 0.497 e. The van der Waals surface area contributed by atoms with Crippen molar-refractivity contribution in [3.63, 3.8) is 0 Å². The van der Waals surface area contributed by atoms with Gasteiger partial charge in [-0.05, 0) is 29.8 Å². The standard InChI is InChI=1S/C19H23ClN2O4S/c1-25-16-8-6-15(7-9-16)18(22-10-12-26-13-11-22)14-21-27(23,24)19-5-3-2-4-17(19)20/h2-9,18,21H,10-14H2,1H3. The second kappa shape index (κ2) is 9.03. The summed E-state index contributed by atoms with van der Waals surface area (Å²) in [7, 11) is -2.09. The van der Waals surface area contributed by atoms with Crippen LogP contribution < -0.4 is 9.46 Å². The predicted molar refractivity (Wildman–Crippen MR) is 105 cm³/mol. The Bertz CT molecular complexity index is 852. The van der Waals surface area contributed by atoms with Crippen LogP contribution in [0.15, 0.2) is 53.4 Å². The molecule has 1 fully saturated rings. The SMILES string of the molecule is COc1ccc(C(CNS(=O)(=O)c2ccccc2Cl)N2CCOCC2)cc1. The molecule has 1 N–H and O–H groups in total. The van der Waals surface area contributed by atoms with Crippen LogP contribution in [0.5, 0.6) is 5.75 Å². The summed E-state index contributed by atoms with van der Waals surface area (Å²) in [5.74, 6) is 0.760. The molecule has 2 aromatic carbocycles. The maximum absolute atomic E-state index is 12.7. The number of methoxy groups -OCH3 is 1. The van der Waals surface area contributed by atoms with Crippen molar-refractivity contribution >= 4 is 21.6 Å². The van der Waals surface area contributed by atoms with E-state index in [1.54, 1.807) is 25.3 Å². The maximum atomic E-state index is 12.7. The minimum atomic E-state index is -3.71. The van der Waals surface area contributed by atoms with E-state index in [9.17, 15) is 8.42 Å². The molecule has 1 aliphatic heterocycles. The molecule has 1 heterocycles. The van der Waals surface area contributed by atoms with E-state index in [0.29, 0.717) is 13.2 Å². The molecule has 8 heteroatoms. The first-order chi connectivity index (χ1) is 13.0. The lowest BCUT2D eigenvalue weighted by atomic mass is 10.0. The first-order valence-corrected chi connectivity index (χ1v) is 10.6. The molecule has 0 saturated carbocycles. The van der Waals surface area contributed by atoms with Crippen LogP contribution in [0.25, 0.3) is 0 Å². The molecule has 0 radical (unpaired) electrons. The van der Waals surface area contributed by atoms with Crippen LogP contribution >= 0.6 is 11.6 Å². The van der Waals surface area contributed by atoms with E-state index >= 15 is 0 Å². The van der Waals surface area contributed by atoms with E-state index in [1.165, 1.54) is 6.07 Å². The monoisotopic (exact) mass is 410 g/mol. The second-order valence-electron chi connectivity index (χ2n) is 6.22. The van der Waals surface area contributed by atoms with E-state index in [2.05, 4.69) is 9.62 Å². The van der Waals surface area contributed by atoms with Crippen LogP contribution in [0, 0.1) is 0 Å².